The van der Waals surface area contributed by atoms with Crippen LogP contribution < -0.4 is 0 Å². The first kappa shape index (κ1) is 18.6. The van der Waals surface area contributed by atoms with Crippen molar-refractivity contribution in [2.75, 3.05) is 6.61 Å². The summed E-state index contributed by atoms with van der Waals surface area (Å²) in [5, 5.41) is 11.4. The summed E-state index contributed by atoms with van der Waals surface area (Å²) in [7, 11) is 0. The van der Waals surface area contributed by atoms with Crippen LogP contribution >= 0.6 is 0 Å². The summed E-state index contributed by atoms with van der Waals surface area (Å²) in [6, 6.07) is 13.0. The van der Waals surface area contributed by atoms with E-state index in [4.69, 9.17) is 9.15 Å². The number of phenolic OH excluding ortho intramolecular Hbond substituents is 1. The Morgan fingerprint density at radius 2 is 1.86 bits per heavy atom. The zero-order valence-electron chi connectivity index (χ0n) is 16.2. The molecule has 2 aromatic carbocycles. The number of carbonyl (C=O) groups is 1. The fraction of sp³-hybridized carbons (Fsp3) is 0.375. The van der Waals surface area contributed by atoms with Crippen LogP contribution in [0.15, 0.2) is 46.9 Å². The summed E-state index contributed by atoms with van der Waals surface area (Å²) in [5.74, 6) is 0.847. The maximum atomic E-state index is 12.9. The number of fused-ring (bicyclic) bond motifs is 1. The Hall–Kier alpha value is -2.75. The van der Waals surface area contributed by atoms with E-state index in [1.54, 1.807) is 19.1 Å². The Bertz CT molecular complexity index is 965. The molecule has 0 saturated heterocycles. The molecule has 0 bridgehead atoms. The second kappa shape index (κ2) is 8.09. The molecule has 0 atom stereocenters. The molecule has 1 fully saturated rings. The van der Waals surface area contributed by atoms with Crippen LogP contribution in [0.3, 0.4) is 0 Å². The number of phenols is 1. The van der Waals surface area contributed by atoms with Crippen molar-refractivity contribution in [3.8, 4) is 17.1 Å². The van der Waals surface area contributed by atoms with Crippen molar-refractivity contribution in [2.45, 2.75) is 45.4 Å². The topological polar surface area (TPSA) is 59.7 Å². The minimum atomic E-state index is -0.407. The first-order valence-corrected chi connectivity index (χ1v) is 10.2. The van der Waals surface area contributed by atoms with E-state index in [1.807, 2.05) is 30.3 Å². The lowest BCUT2D eigenvalue weighted by molar-refractivity contribution is 0.0528. The first-order chi connectivity index (χ1) is 13.7. The van der Waals surface area contributed by atoms with Crippen molar-refractivity contribution in [3.63, 3.8) is 0 Å². The molecule has 0 unspecified atom stereocenters. The van der Waals surface area contributed by atoms with Crippen molar-refractivity contribution < 1.29 is 19.1 Å². The van der Waals surface area contributed by atoms with Gasteiger partial charge in [0.2, 0.25) is 0 Å². The zero-order valence-corrected chi connectivity index (χ0v) is 16.2. The lowest BCUT2D eigenvalue weighted by Gasteiger charge is -2.22. The molecule has 1 aliphatic carbocycles. The smallest absolute Gasteiger partial charge is 0.342 e. The summed E-state index contributed by atoms with van der Waals surface area (Å²) in [6.07, 6.45) is 6.81. The van der Waals surface area contributed by atoms with Crippen LogP contribution in [0.25, 0.3) is 22.3 Å². The predicted molar refractivity (Wildman–Crippen MR) is 110 cm³/mol. The molecule has 1 saturated carbocycles. The fourth-order valence-corrected chi connectivity index (χ4v) is 4.33. The monoisotopic (exact) mass is 378 g/mol. The van der Waals surface area contributed by atoms with Crippen molar-refractivity contribution in [1.82, 2.24) is 0 Å². The number of hydrogen-bond donors (Lipinski definition) is 1. The van der Waals surface area contributed by atoms with Crippen LogP contribution in [0.1, 0.15) is 54.9 Å². The summed E-state index contributed by atoms with van der Waals surface area (Å²) in [5.41, 5.74) is 2.67. The molecule has 1 aromatic heterocycles. The van der Waals surface area contributed by atoms with Gasteiger partial charge in [-0.05, 0) is 31.4 Å². The molecule has 28 heavy (non-hydrogen) atoms. The van der Waals surface area contributed by atoms with Crippen LogP contribution in [0.2, 0.25) is 0 Å². The molecule has 1 N–H and O–H groups in total. The molecule has 3 aromatic rings. The van der Waals surface area contributed by atoms with Gasteiger partial charge in [0.25, 0.3) is 0 Å². The van der Waals surface area contributed by atoms with Crippen molar-refractivity contribution in [1.29, 1.82) is 0 Å². The molecule has 146 valence electrons. The van der Waals surface area contributed by atoms with E-state index in [2.05, 4.69) is 0 Å². The Labute approximate surface area is 165 Å². The van der Waals surface area contributed by atoms with Gasteiger partial charge in [-0.1, -0.05) is 62.4 Å². The van der Waals surface area contributed by atoms with Gasteiger partial charge in [-0.3, -0.25) is 0 Å². The molecule has 0 aliphatic heterocycles. The van der Waals surface area contributed by atoms with Gasteiger partial charge >= 0.3 is 5.97 Å². The highest BCUT2D eigenvalue weighted by Gasteiger charge is 2.28. The fourth-order valence-electron chi connectivity index (χ4n) is 4.33. The van der Waals surface area contributed by atoms with E-state index in [9.17, 15) is 9.90 Å². The maximum absolute atomic E-state index is 12.9. The van der Waals surface area contributed by atoms with Gasteiger partial charge in [-0.15, -0.1) is 0 Å². The number of esters is 1. The van der Waals surface area contributed by atoms with E-state index in [-0.39, 0.29) is 12.4 Å². The first-order valence-electron chi connectivity index (χ1n) is 10.2. The van der Waals surface area contributed by atoms with E-state index in [0.717, 1.165) is 30.4 Å². The highest BCUT2D eigenvalue weighted by molar-refractivity contribution is 6.10. The van der Waals surface area contributed by atoms with Gasteiger partial charge < -0.3 is 14.3 Å². The van der Waals surface area contributed by atoms with Crippen molar-refractivity contribution >= 4 is 16.9 Å². The van der Waals surface area contributed by atoms with Crippen LogP contribution in [0, 0.1) is 5.92 Å². The summed E-state index contributed by atoms with van der Waals surface area (Å²) in [6.45, 7) is 2.08. The second-order valence-electron chi connectivity index (χ2n) is 7.54. The molecule has 4 nitrogen and oxygen atoms in total. The third-order valence-corrected chi connectivity index (χ3v) is 5.67. The van der Waals surface area contributed by atoms with E-state index in [1.165, 1.54) is 19.3 Å². The standard InChI is InChI=1S/C24H26O4/c1-2-27-24(26)22-21-18(15-16-9-5-3-6-10-16)19(25)13-14-20(21)28-23(22)17-11-7-4-8-12-17/h4,7-8,11-14,16,25H,2-3,5-6,9-10,15H2,1H3. The molecule has 0 radical (unpaired) electrons. The third kappa shape index (κ3) is 3.51. The lowest BCUT2D eigenvalue weighted by atomic mass is 9.83. The largest absolute Gasteiger partial charge is 0.508 e. The number of carbonyl (C=O) groups excluding carboxylic acids is 1. The SMILES string of the molecule is CCOC(=O)c1c(-c2ccccc2)oc2ccc(O)c(CC3CCCCC3)c12. The molecule has 1 heterocycles. The average molecular weight is 378 g/mol. The minimum Gasteiger partial charge on any atom is -0.508 e. The van der Waals surface area contributed by atoms with Gasteiger partial charge in [0.15, 0.2) is 0 Å². The van der Waals surface area contributed by atoms with E-state index in [0.29, 0.717) is 28.2 Å². The van der Waals surface area contributed by atoms with Crippen LogP contribution in [-0.2, 0) is 11.2 Å². The number of hydrogen-bond acceptors (Lipinski definition) is 4. The van der Waals surface area contributed by atoms with Gasteiger partial charge in [-0.25, -0.2) is 4.79 Å². The predicted octanol–water partition coefficient (Wildman–Crippen LogP) is 6.10. The Morgan fingerprint density at radius 3 is 2.57 bits per heavy atom. The molecule has 4 heteroatoms. The normalized spacial score (nSPS) is 15.0. The molecule has 4 rings (SSSR count). The summed E-state index contributed by atoms with van der Waals surface area (Å²) >= 11 is 0. The molecule has 1 aliphatic rings. The number of aromatic hydroxyl groups is 1. The van der Waals surface area contributed by atoms with Crippen molar-refractivity contribution in [2.24, 2.45) is 5.92 Å². The third-order valence-electron chi connectivity index (χ3n) is 5.67. The minimum absolute atomic E-state index is 0.226. The number of furan rings is 1. The van der Waals surface area contributed by atoms with Gasteiger partial charge in [0.1, 0.15) is 22.7 Å². The average Bonchev–Trinajstić information content (AvgIpc) is 3.12. The zero-order chi connectivity index (χ0) is 19.5. The Balaban J connectivity index is 1.90. The molecule has 0 amide bonds. The molecular formula is C24H26O4. The van der Waals surface area contributed by atoms with Crippen molar-refractivity contribution in [3.05, 3.63) is 53.6 Å². The van der Waals surface area contributed by atoms with Crippen LogP contribution in [0.4, 0.5) is 0 Å². The van der Waals surface area contributed by atoms with Crippen LogP contribution in [-0.4, -0.2) is 17.7 Å². The highest BCUT2D eigenvalue weighted by atomic mass is 16.5. The Morgan fingerprint density at radius 1 is 1.11 bits per heavy atom. The van der Waals surface area contributed by atoms with Gasteiger partial charge in [-0.2, -0.15) is 0 Å². The second-order valence-corrected chi connectivity index (χ2v) is 7.54. The molecular weight excluding hydrogens is 352 g/mol. The summed E-state index contributed by atoms with van der Waals surface area (Å²) in [4.78, 5) is 12.9. The van der Waals surface area contributed by atoms with E-state index < -0.39 is 5.97 Å². The molecule has 0 spiro atoms. The lowest BCUT2D eigenvalue weighted by Crippen LogP contribution is -2.11. The Kier molecular flexibility index (Phi) is 5.38. The van der Waals surface area contributed by atoms with Gasteiger partial charge in [0, 0.05) is 16.5 Å². The van der Waals surface area contributed by atoms with Gasteiger partial charge in [0.05, 0.1) is 6.61 Å². The van der Waals surface area contributed by atoms with Crippen LogP contribution in [0.5, 0.6) is 5.75 Å². The quantitative estimate of drug-likeness (QED) is 0.545. The number of benzene rings is 2. The number of ether oxygens (including phenoxy) is 1. The maximum Gasteiger partial charge on any atom is 0.342 e. The van der Waals surface area contributed by atoms with E-state index >= 15 is 0 Å². The summed E-state index contributed by atoms with van der Waals surface area (Å²) < 4.78 is 11.5. The number of rotatable bonds is 5. The highest BCUT2D eigenvalue weighted by Crippen LogP contribution is 2.41.